The average Bonchev–Trinajstić information content (AvgIpc) is 2.67. The van der Waals surface area contributed by atoms with Crippen molar-refractivity contribution in [2.45, 2.75) is 19.3 Å². The molecule has 0 fully saturated rings. The van der Waals surface area contributed by atoms with Crippen molar-refractivity contribution in [1.29, 1.82) is 0 Å². The van der Waals surface area contributed by atoms with Gasteiger partial charge in [-0.05, 0) is 29.7 Å². The van der Waals surface area contributed by atoms with Crippen LogP contribution in [0.4, 0.5) is 4.39 Å². The first-order valence-electron chi connectivity index (χ1n) is 8.91. The zero-order valence-corrected chi connectivity index (χ0v) is 15.6. The number of carboxylic acid groups (broad SMARTS) is 1. The van der Waals surface area contributed by atoms with E-state index >= 15 is 0 Å². The van der Waals surface area contributed by atoms with Gasteiger partial charge in [0.05, 0.1) is 12.5 Å². The zero-order chi connectivity index (χ0) is 20.5. The second kappa shape index (κ2) is 10.2. The van der Waals surface area contributed by atoms with E-state index in [1.54, 1.807) is 0 Å². The molecule has 0 saturated carbocycles. The largest absolute Gasteiger partial charge is 0.481 e. The molecule has 0 aromatic heterocycles. The summed E-state index contributed by atoms with van der Waals surface area (Å²) in [6.45, 7) is 1.46. The molecule has 2 aromatic carbocycles. The molecule has 2 aromatic rings. The maximum atomic E-state index is 13.0. The van der Waals surface area contributed by atoms with Gasteiger partial charge in [0.15, 0.2) is 0 Å². The molecule has 28 heavy (non-hydrogen) atoms. The van der Waals surface area contributed by atoms with Crippen LogP contribution in [0.15, 0.2) is 54.6 Å². The van der Waals surface area contributed by atoms with Crippen LogP contribution in [0.3, 0.4) is 0 Å². The number of hydrogen-bond acceptors (Lipinski definition) is 3. The van der Waals surface area contributed by atoms with Gasteiger partial charge in [-0.1, -0.05) is 42.5 Å². The Hall–Kier alpha value is -3.22. The Kier molecular flexibility index (Phi) is 7.68. The Labute approximate surface area is 163 Å². The molecule has 0 aliphatic carbocycles. The van der Waals surface area contributed by atoms with E-state index in [1.165, 1.54) is 36.1 Å². The van der Waals surface area contributed by atoms with Crippen molar-refractivity contribution in [3.8, 4) is 0 Å². The van der Waals surface area contributed by atoms with Crippen LogP contribution in [0.2, 0.25) is 0 Å². The molecule has 0 saturated heterocycles. The number of nitrogens with zero attached hydrogens (tertiary/aromatic N) is 1. The second-order valence-corrected chi connectivity index (χ2v) is 6.42. The van der Waals surface area contributed by atoms with Crippen LogP contribution < -0.4 is 5.32 Å². The third-order valence-corrected chi connectivity index (χ3v) is 4.37. The first-order valence-corrected chi connectivity index (χ1v) is 8.91. The molecule has 148 valence electrons. The summed E-state index contributed by atoms with van der Waals surface area (Å²) in [7, 11) is 0. The number of nitrogens with one attached hydrogen (secondary N) is 1. The highest BCUT2D eigenvalue weighted by atomic mass is 19.1. The van der Waals surface area contributed by atoms with E-state index in [0.717, 1.165) is 5.56 Å². The summed E-state index contributed by atoms with van der Waals surface area (Å²) in [6, 6.07) is 14.7. The number of benzene rings is 2. The first-order chi connectivity index (χ1) is 13.4. The Morgan fingerprint density at radius 2 is 1.71 bits per heavy atom. The summed E-state index contributed by atoms with van der Waals surface area (Å²) < 4.78 is 13.0. The summed E-state index contributed by atoms with van der Waals surface area (Å²) in [5.41, 5.74) is 1.44. The lowest BCUT2D eigenvalue weighted by atomic mass is 9.99. The summed E-state index contributed by atoms with van der Waals surface area (Å²) in [5, 5.41) is 11.9. The molecule has 0 aliphatic heterocycles. The highest BCUT2D eigenvalue weighted by Gasteiger charge is 2.21. The minimum Gasteiger partial charge on any atom is -0.481 e. The third kappa shape index (κ3) is 6.50. The highest BCUT2D eigenvalue weighted by Crippen LogP contribution is 2.16. The summed E-state index contributed by atoms with van der Waals surface area (Å²) in [6.07, 6.45) is 0.612. The molecule has 2 rings (SSSR count). The van der Waals surface area contributed by atoms with Crippen molar-refractivity contribution in [2.24, 2.45) is 0 Å². The lowest BCUT2D eigenvalue weighted by Gasteiger charge is -2.21. The van der Waals surface area contributed by atoms with Crippen molar-refractivity contribution in [1.82, 2.24) is 10.2 Å². The predicted octanol–water partition coefficient (Wildman–Crippen LogP) is 2.20. The van der Waals surface area contributed by atoms with Crippen molar-refractivity contribution >= 4 is 17.8 Å². The van der Waals surface area contributed by atoms with Gasteiger partial charge in [-0.25, -0.2) is 4.39 Å². The molecule has 1 unspecified atom stereocenters. The fourth-order valence-electron chi connectivity index (χ4n) is 2.74. The van der Waals surface area contributed by atoms with Gasteiger partial charge in [0, 0.05) is 20.0 Å². The molecular formula is C21H23FN2O4. The Morgan fingerprint density at radius 1 is 1.07 bits per heavy atom. The van der Waals surface area contributed by atoms with Crippen LogP contribution in [0.25, 0.3) is 0 Å². The topological polar surface area (TPSA) is 86.7 Å². The minimum absolute atomic E-state index is 0.149. The molecule has 0 radical (unpaired) electrons. The van der Waals surface area contributed by atoms with E-state index < -0.39 is 23.6 Å². The van der Waals surface area contributed by atoms with E-state index in [1.807, 2.05) is 30.3 Å². The standard InChI is InChI=1S/C21H23FN2O4/c1-15(25)24(12-11-16-5-3-2-4-6-16)14-20(26)23-13-19(21(27)28)17-7-9-18(22)10-8-17/h2-10,19H,11-14H2,1H3,(H,23,26)(H,27,28). The van der Waals surface area contributed by atoms with Gasteiger partial charge in [0.1, 0.15) is 5.82 Å². The van der Waals surface area contributed by atoms with Crippen molar-refractivity contribution < 1.29 is 23.9 Å². The number of aliphatic carboxylic acids is 1. The number of halogens is 1. The van der Waals surface area contributed by atoms with E-state index in [0.29, 0.717) is 18.5 Å². The highest BCUT2D eigenvalue weighted by molar-refractivity contribution is 5.84. The molecular weight excluding hydrogens is 363 g/mol. The molecule has 0 aliphatic rings. The fourth-order valence-corrected chi connectivity index (χ4v) is 2.74. The predicted molar refractivity (Wildman–Crippen MR) is 102 cm³/mol. The molecule has 0 heterocycles. The van der Waals surface area contributed by atoms with Crippen LogP contribution in [0.5, 0.6) is 0 Å². The summed E-state index contributed by atoms with van der Waals surface area (Å²) in [4.78, 5) is 36.9. The lowest BCUT2D eigenvalue weighted by Crippen LogP contribution is -2.42. The molecule has 7 heteroatoms. The molecule has 2 amide bonds. The van der Waals surface area contributed by atoms with Crippen molar-refractivity contribution in [3.63, 3.8) is 0 Å². The van der Waals surface area contributed by atoms with Gasteiger partial charge < -0.3 is 15.3 Å². The number of amides is 2. The van der Waals surface area contributed by atoms with E-state index in [-0.39, 0.29) is 19.0 Å². The Morgan fingerprint density at radius 3 is 2.29 bits per heavy atom. The number of carboxylic acids is 1. The van der Waals surface area contributed by atoms with E-state index in [4.69, 9.17) is 0 Å². The van der Waals surface area contributed by atoms with Crippen LogP contribution >= 0.6 is 0 Å². The zero-order valence-electron chi connectivity index (χ0n) is 15.6. The van der Waals surface area contributed by atoms with Crippen molar-refractivity contribution in [2.75, 3.05) is 19.6 Å². The van der Waals surface area contributed by atoms with Gasteiger partial charge in [0.25, 0.3) is 0 Å². The number of rotatable bonds is 9. The summed E-state index contributed by atoms with van der Waals surface area (Å²) in [5.74, 6) is -3.28. The normalized spacial score (nSPS) is 11.5. The van der Waals surface area contributed by atoms with E-state index in [2.05, 4.69) is 5.32 Å². The van der Waals surface area contributed by atoms with Gasteiger partial charge in [-0.2, -0.15) is 0 Å². The Bertz CT molecular complexity index is 809. The van der Waals surface area contributed by atoms with Crippen LogP contribution in [0.1, 0.15) is 24.0 Å². The maximum Gasteiger partial charge on any atom is 0.312 e. The van der Waals surface area contributed by atoms with Gasteiger partial charge in [0.2, 0.25) is 11.8 Å². The SMILES string of the molecule is CC(=O)N(CCc1ccccc1)CC(=O)NCC(C(=O)O)c1ccc(F)cc1. The van der Waals surface area contributed by atoms with Crippen LogP contribution in [-0.2, 0) is 20.8 Å². The number of carbonyl (C=O) groups excluding carboxylic acids is 2. The fraction of sp³-hybridized carbons (Fsp3) is 0.286. The average molecular weight is 386 g/mol. The van der Waals surface area contributed by atoms with E-state index in [9.17, 15) is 23.9 Å². The lowest BCUT2D eigenvalue weighted by molar-refractivity contribution is -0.139. The summed E-state index contributed by atoms with van der Waals surface area (Å²) >= 11 is 0. The smallest absolute Gasteiger partial charge is 0.312 e. The first kappa shape index (κ1) is 21.1. The van der Waals surface area contributed by atoms with Crippen LogP contribution in [0, 0.1) is 5.82 Å². The second-order valence-electron chi connectivity index (χ2n) is 6.42. The number of carbonyl (C=O) groups is 3. The van der Waals surface area contributed by atoms with Gasteiger partial charge >= 0.3 is 5.97 Å². The monoisotopic (exact) mass is 386 g/mol. The molecule has 6 nitrogen and oxygen atoms in total. The maximum absolute atomic E-state index is 13.0. The van der Waals surface area contributed by atoms with Gasteiger partial charge in [-0.15, -0.1) is 0 Å². The Balaban J connectivity index is 1.91. The molecule has 0 bridgehead atoms. The van der Waals surface area contributed by atoms with Crippen molar-refractivity contribution in [3.05, 3.63) is 71.5 Å². The van der Waals surface area contributed by atoms with Crippen LogP contribution in [-0.4, -0.2) is 47.4 Å². The molecule has 2 N–H and O–H groups in total. The quantitative estimate of drug-likeness (QED) is 0.692. The van der Waals surface area contributed by atoms with Gasteiger partial charge in [-0.3, -0.25) is 14.4 Å². The molecule has 0 spiro atoms. The molecule has 1 atom stereocenters. The number of hydrogen-bond donors (Lipinski definition) is 2. The minimum atomic E-state index is -1.13. The third-order valence-electron chi connectivity index (χ3n) is 4.37.